The van der Waals surface area contributed by atoms with Gasteiger partial charge < -0.3 is 9.88 Å². The molecule has 0 aliphatic heterocycles. The first-order valence-electron chi connectivity index (χ1n) is 9.56. The van der Waals surface area contributed by atoms with Crippen molar-refractivity contribution in [2.24, 2.45) is 7.05 Å². The van der Waals surface area contributed by atoms with Gasteiger partial charge in [-0.05, 0) is 35.8 Å². The molecule has 0 fully saturated rings. The van der Waals surface area contributed by atoms with Crippen molar-refractivity contribution in [3.05, 3.63) is 95.1 Å². The van der Waals surface area contributed by atoms with Crippen LogP contribution in [0, 0.1) is 5.82 Å². The van der Waals surface area contributed by atoms with Crippen molar-refractivity contribution in [2.45, 2.75) is 17.6 Å². The zero-order valence-corrected chi connectivity index (χ0v) is 18.5. The molecule has 1 atom stereocenters. The molecule has 0 radical (unpaired) electrons. The number of halogens is 2. The second kappa shape index (κ2) is 10.9. The van der Waals surface area contributed by atoms with Gasteiger partial charge in [-0.2, -0.15) is 0 Å². The molecule has 0 bridgehead atoms. The largest absolute Gasteiger partial charge is 0.342 e. The van der Waals surface area contributed by atoms with E-state index in [9.17, 15) is 9.18 Å². The molecule has 0 spiro atoms. The first-order valence-corrected chi connectivity index (χ1v) is 10.9. The molecule has 0 aliphatic rings. The van der Waals surface area contributed by atoms with E-state index in [0.717, 1.165) is 5.56 Å². The van der Waals surface area contributed by atoms with E-state index in [4.69, 9.17) is 11.6 Å². The van der Waals surface area contributed by atoms with Crippen LogP contribution in [0.3, 0.4) is 0 Å². The summed E-state index contributed by atoms with van der Waals surface area (Å²) < 4.78 is 15.2. The maximum absolute atomic E-state index is 13.4. The molecule has 160 valence electrons. The standard InChI is InChI=1S/C23H22ClFN4OS/c1-16(24)15-31-23-28-27-22(29(23)2)20(14-17-7-4-3-5-8-17)26-21(30)12-11-18-9-6-10-19(25)13-18/h3-13,20H,1,14-15H2,2H3,(H,26,30). The van der Waals surface area contributed by atoms with Crippen LogP contribution in [0.15, 0.2) is 77.4 Å². The van der Waals surface area contributed by atoms with Gasteiger partial charge in [0.1, 0.15) is 5.82 Å². The maximum atomic E-state index is 13.4. The maximum Gasteiger partial charge on any atom is 0.244 e. The Hall–Kier alpha value is -2.90. The molecular formula is C23H22ClFN4OS. The number of carbonyl (C=O) groups is 1. The summed E-state index contributed by atoms with van der Waals surface area (Å²) in [4.78, 5) is 12.6. The molecule has 1 aromatic heterocycles. The molecule has 31 heavy (non-hydrogen) atoms. The second-order valence-electron chi connectivity index (χ2n) is 6.84. The highest BCUT2D eigenvalue weighted by atomic mass is 35.5. The van der Waals surface area contributed by atoms with Gasteiger partial charge in [-0.25, -0.2) is 4.39 Å². The zero-order valence-electron chi connectivity index (χ0n) is 17.0. The Kier molecular flexibility index (Phi) is 8.03. The third-order valence-corrected chi connectivity index (χ3v) is 5.81. The van der Waals surface area contributed by atoms with E-state index < -0.39 is 6.04 Å². The lowest BCUT2D eigenvalue weighted by molar-refractivity contribution is -0.117. The van der Waals surface area contributed by atoms with Crippen molar-refractivity contribution in [3.8, 4) is 0 Å². The van der Waals surface area contributed by atoms with Crippen LogP contribution in [0.5, 0.6) is 0 Å². The molecule has 1 unspecified atom stereocenters. The fourth-order valence-electron chi connectivity index (χ4n) is 2.96. The van der Waals surface area contributed by atoms with Gasteiger partial charge >= 0.3 is 0 Å². The third kappa shape index (κ3) is 6.80. The monoisotopic (exact) mass is 456 g/mol. The molecule has 1 heterocycles. The molecule has 0 saturated heterocycles. The number of nitrogens with one attached hydrogen (secondary N) is 1. The summed E-state index contributed by atoms with van der Waals surface area (Å²) in [6, 6.07) is 15.5. The Morgan fingerprint density at radius 1 is 1.26 bits per heavy atom. The Morgan fingerprint density at radius 2 is 2.03 bits per heavy atom. The van der Waals surface area contributed by atoms with E-state index in [0.29, 0.717) is 33.8 Å². The number of amides is 1. The van der Waals surface area contributed by atoms with Crippen molar-refractivity contribution in [1.82, 2.24) is 20.1 Å². The van der Waals surface area contributed by atoms with Crippen LogP contribution in [0.1, 0.15) is 23.0 Å². The number of carbonyl (C=O) groups excluding carboxylic acids is 1. The third-order valence-electron chi connectivity index (χ3n) is 4.41. The van der Waals surface area contributed by atoms with Gasteiger partial charge in [0, 0.05) is 23.9 Å². The predicted octanol–water partition coefficient (Wildman–Crippen LogP) is 4.91. The van der Waals surface area contributed by atoms with E-state index in [1.165, 1.54) is 30.0 Å². The van der Waals surface area contributed by atoms with E-state index in [-0.39, 0.29) is 11.7 Å². The van der Waals surface area contributed by atoms with Crippen molar-refractivity contribution in [3.63, 3.8) is 0 Å². The highest BCUT2D eigenvalue weighted by molar-refractivity contribution is 7.99. The summed E-state index contributed by atoms with van der Waals surface area (Å²) in [6.45, 7) is 3.69. The quantitative estimate of drug-likeness (QED) is 0.367. The molecule has 0 aliphatic carbocycles. The molecule has 0 saturated carbocycles. The minimum atomic E-state index is -0.405. The van der Waals surface area contributed by atoms with Gasteiger partial charge in [0.15, 0.2) is 11.0 Å². The summed E-state index contributed by atoms with van der Waals surface area (Å²) in [6.07, 6.45) is 3.50. The Morgan fingerprint density at radius 3 is 2.74 bits per heavy atom. The molecule has 2 aromatic carbocycles. The van der Waals surface area contributed by atoms with Crippen molar-refractivity contribution >= 4 is 35.3 Å². The number of aromatic nitrogens is 3. The Labute approximate surface area is 190 Å². The predicted molar refractivity (Wildman–Crippen MR) is 123 cm³/mol. The molecule has 8 heteroatoms. The van der Waals surface area contributed by atoms with E-state index in [1.807, 2.05) is 41.9 Å². The van der Waals surface area contributed by atoms with Crippen LogP contribution in [0.4, 0.5) is 4.39 Å². The average molecular weight is 457 g/mol. The molecule has 3 rings (SSSR count). The van der Waals surface area contributed by atoms with Crippen LogP contribution in [-0.2, 0) is 18.3 Å². The lowest BCUT2D eigenvalue weighted by atomic mass is 10.1. The van der Waals surface area contributed by atoms with Crippen LogP contribution < -0.4 is 5.32 Å². The molecular weight excluding hydrogens is 435 g/mol. The summed E-state index contributed by atoms with van der Waals surface area (Å²) in [5.74, 6) is 0.475. The van der Waals surface area contributed by atoms with Gasteiger partial charge in [-0.15, -0.1) is 10.2 Å². The van der Waals surface area contributed by atoms with Crippen LogP contribution in [0.2, 0.25) is 0 Å². The number of hydrogen-bond acceptors (Lipinski definition) is 4. The average Bonchev–Trinajstić information content (AvgIpc) is 3.11. The summed E-state index contributed by atoms with van der Waals surface area (Å²) in [7, 11) is 1.85. The second-order valence-corrected chi connectivity index (χ2v) is 8.32. The fraction of sp³-hybridized carbons (Fsp3) is 0.174. The van der Waals surface area contributed by atoms with Crippen LogP contribution >= 0.6 is 23.4 Å². The van der Waals surface area contributed by atoms with Gasteiger partial charge in [-0.1, -0.05) is 72.4 Å². The topological polar surface area (TPSA) is 59.8 Å². The zero-order chi connectivity index (χ0) is 22.2. The first kappa shape index (κ1) is 22.8. The summed E-state index contributed by atoms with van der Waals surface area (Å²) in [5.41, 5.74) is 1.65. The fourth-order valence-corrected chi connectivity index (χ4v) is 3.79. The van der Waals surface area contributed by atoms with Crippen molar-refractivity contribution in [1.29, 1.82) is 0 Å². The highest BCUT2D eigenvalue weighted by Gasteiger charge is 2.21. The number of nitrogens with zero attached hydrogens (tertiary/aromatic N) is 3. The molecule has 1 amide bonds. The van der Waals surface area contributed by atoms with E-state index in [1.54, 1.807) is 18.2 Å². The van der Waals surface area contributed by atoms with Gasteiger partial charge in [0.05, 0.1) is 6.04 Å². The summed E-state index contributed by atoms with van der Waals surface area (Å²) >= 11 is 7.28. The number of hydrogen-bond donors (Lipinski definition) is 1. The number of benzene rings is 2. The molecule has 5 nitrogen and oxygen atoms in total. The minimum Gasteiger partial charge on any atom is -0.342 e. The first-order chi connectivity index (χ1) is 14.9. The van der Waals surface area contributed by atoms with Crippen LogP contribution in [-0.4, -0.2) is 26.4 Å². The SMILES string of the molecule is C=C(Cl)CSc1nnc(C(Cc2ccccc2)NC(=O)C=Cc2cccc(F)c2)n1C. The van der Waals surface area contributed by atoms with E-state index >= 15 is 0 Å². The summed E-state index contributed by atoms with van der Waals surface area (Å²) in [5, 5.41) is 12.7. The van der Waals surface area contributed by atoms with E-state index in [2.05, 4.69) is 22.1 Å². The van der Waals surface area contributed by atoms with Crippen LogP contribution in [0.25, 0.3) is 6.08 Å². The normalized spacial score (nSPS) is 12.1. The smallest absolute Gasteiger partial charge is 0.244 e. The lowest BCUT2D eigenvalue weighted by Gasteiger charge is -2.17. The number of thioether (sulfide) groups is 1. The molecule has 1 N–H and O–H groups in total. The van der Waals surface area contributed by atoms with Crippen molar-refractivity contribution < 1.29 is 9.18 Å². The Bertz CT molecular complexity index is 1080. The Balaban J connectivity index is 1.80. The van der Waals surface area contributed by atoms with Gasteiger partial charge in [-0.3, -0.25) is 4.79 Å². The van der Waals surface area contributed by atoms with Gasteiger partial charge in [0.25, 0.3) is 0 Å². The number of rotatable bonds is 9. The lowest BCUT2D eigenvalue weighted by Crippen LogP contribution is -2.30. The molecule has 3 aromatic rings. The van der Waals surface area contributed by atoms with Gasteiger partial charge in [0.2, 0.25) is 5.91 Å². The van der Waals surface area contributed by atoms with Crippen molar-refractivity contribution in [2.75, 3.05) is 5.75 Å². The minimum absolute atomic E-state index is 0.309. The highest BCUT2D eigenvalue weighted by Crippen LogP contribution is 2.24.